The van der Waals surface area contributed by atoms with E-state index in [1.807, 2.05) is 18.7 Å². The lowest BCUT2D eigenvalue weighted by atomic mass is 9.93. The number of anilines is 1. The monoisotopic (exact) mass is 315 g/mol. The first-order chi connectivity index (χ1) is 10.8. The van der Waals surface area contributed by atoms with Gasteiger partial charge in [-0.15, -0.1) is 0 Å². The van der Waals surface area contributed by atoms with E-state index in [2.05, 4.69) is 6.07 Å². The summed E-state index contributed by atoms with van der Waals surface area (Å²) in [5.41, 5.74) is 0.416. The van der Waals surface area contributed by atoms with Crippen LogP contribution >= 0.6 is 0 Å². The Morgan fingerprint density at radius 2 is 2.00 bits per heavy atom. The van der Waals surface area contributed by atoms with Crippen molar-refractivity contribution < 1.29 is 9.66 Å². The summed E-state index contributed by atoms with van der Waals surface area (Å²) in [7, 11) is 0. The average Bonchev–Trinajstić information content (AvgIpc) is 2.91. The molecule has 0 atom stereocenters. The molecule has 0 bridgehead atoms. The van der Waals surface area contributed by atoms with Gasteiger partial charge in [-0.05, 0) is 38.8 Å². The Morgan fingerprint density at radius 3 is 2.61 bits per heavy atom. The van der Waals surface area contributed by atoms with Crippen LogP contribution in [0.25, 0.3) is 0 Å². The second-order valence-corrected chi connectivity index (χ2v) is 7.18. The molecule has 1 saturated heterocycles. The standard InChI is InChI=1S/C17H21N3O3/c1-16(2)11-19(12-17(23-16)7-3-4-8-17)15-9-13(10-18)5-6-14(15)20(21)22/h5-6,9H,3-4,7-8,11-12H2,1-2H3. The fourth-order valence-electron chi connectivity index (χ4n) is 3.96. The number of morpholine rings is 1. The van der Waals surface area contributed by atoms with Crippen molar-refractivity contribution in [3.05, 3.63) is 33.9 Å². The highest BCUT2D eigenvalue weighted by atomic mass is 16.6. The fraction of sp³-hybridized carbons (Fsp3) is 0.588. The first-order valence-corrected chi connectivity index (χ1v) is 7.98. The number of nitriles is 1. The summed E-state index contributed by atoms with van der Waals surface area (Å²) >= 11 is 0. The van der Waals surface area contributed by atoms with E-state index >= 15 is 0 Å². The maximum absolute atomic E-state index is 11.4. The number of nitro benzene ring substituents is 1. The molecule has 122 valence electrons. The van der Waals surface area contributed by atoms with Gasteiger partial charge in [0.2, 0.25) is 0 Å². The van der Waals surface area contributed by atoms with Gasteiger partial charge in [0, 0.05) is 19.2 Å². The van der Waals surface area contributed by atoms with E-state index in [9.17, 15) is 10.1 Å². The molecule has 3 rings (SSSR count). The van der Waals surface area contributed by atoms with E-state index in [0.717, 1.165) is 25.7 Å². The van der Waals surface area contributed by atoms with E-state index in [1.165, 1.54) is 12.1 Å². The molecule has 0 aromatic heterocycles. The summed E-state index contributed by atoms with van der Waals surface area (Å²) in [5.74, 6) is 0. The Morgan fingerprint density at radius 1 is 1.30 bits per heavy atom. The van der Waals surface area contributed by atoms with Crippen molar-refractivity contribution in [3.63, 3.8) is 0 Å². The van der Waals surface area contributed by atoms with Crippen LogP contribution in [0.15, 0.2) is 18.2 Å². The second kappa shape index (κ2) is 5.50. The van der Waals surface area contributed by atoms with Gasteiger partial charge < -0.3 is 9.64 Å². The van der Waals surface area contributed by atoms with Gasteiger partial charge >= 0.3 is 0 Å². The Balaban J connectivity index is 2.03. The average molecular weight is 315 g/mol. The van der Waals surface area contributed by atoms with Gasteiger partial charge in [0.05, 0.1) is 27.8 Å². The highest BCUT2D eigenvalue weighted by Gasteiger charge is 2.46. The highest BCUT2D eigenvalue weighted by molar-refractivity contribution is 5.66. The Labute approximate surface area is 135 Å². The zero-order valence-corrected chi connectivity index (χ0v) is 13.5. The van der Waals surface area contributed by atoms with E-state index in [-0.39, 0.29) is 21.8 Å². The quantitative estimate of drug-likeness (QED) is 0.617. The fourth-order valence-corrected chi connectivity index (χ4v) is 3.96. The Kier molecular flexibility index (Phi) is 3.77. The Hall–Kier alpha value is -2.13. The van der Waals surface area contributed by atoms with Crippen molar-refractivity contribution in [2.24, 2.45) is 0 Å². The van der Waals surface area contributed by atoms with Crippen molar-refractivity contribution in [2.75, 3.05) is 18.0 Å². The first kappa shape index (κ1) is 15.8. The SMILES string of the molecule is CC1(C)CN(c2cc(C#N)ccc2[N+](=O)[O-])CC2(CCCC2)O1. The van der Waals surface area contributed by atoms with Crippen LogP contribution in [-0.4, -0.2) is 29.2 Å². The van der Waals surface area contributed by atoms with E-state index in [0.29, 0.717) is 24.3 Å². The van der Waals surface area contributed by atoms with Gasteiger partial charge in [0.15, 0.2) is 0 Å². The van der Waals surface area contributed by atoms with Gasteiger partial charge in [0.25, 0.3) is 5.69 Å². The summed E-state index contributed by atoms with van der Waals surface area (Å²) in [5, 5.41) is 20.5. The summed E-state index contributed by atoms with van der Waals surface area (Å²) in [6.45, 7) is 5.27. The van der Waals surface area contributed by atoms with Crippen molar-refractivity contribution in [1.29, 1.82) is 5.26 Å². The molecule has 1 heterocycles. The van der Waals surface area contributed by atoms with Crippen molar-refractivity contribution >= 4 is 11.4 Å². The third-order valence-electron chi connectivity index (χ3n) is 4.70. The number of hydrogen-bond acceptors (Lipinski definition) is 5. The second-order valence-electron chi connectivity index (χ2n) is 7.18. The molecule has 6 nitrogen and oxygen atoms in total. The maximum Gasteiger partial charge on any atom is 0.292 e. The molecule has 1 aliphatic carbocycles. The highest BCUT2D eigenvalue weighted by Crippen LogP contribution is 2.43. The van der Waals surface area contributed by atoms with Crippen LogP contribution in [0.4, 0.5) is 11.4 Å². The lowest BCUT2D eigenvalue weighted by Crippen LogP contribution is -2.58. The summed E-state index contributed by atoms with van der Waals surface area (Å²) in [6.07, 6.45) is 4.23. The molecule has 0 N–H and O–H groups in total. The van der Waals surface area contributed by atoms with Gasteiger partial charge in [-0.2, -0.15) is 5.26 Å². The smallest absolute Gasteiger partial charge is 0.292 e. The van der Waals surface area contributed by atoms with E-state index in [1.54, 1.807) is 6.07 Å². The molecular formula is C17H21N3O3. The molecular weight excluding hydrogens is 294 g/mol. The molecule has 0 radical (unpaired) electrons. The molecule has 0 amide bonds. The van der Waals surface area contributed by atoms with Gasteiger partial charge in [-0.25, -0.2) is 0 Å². The zero-order valence-electron chi connectivity index (χ0n) is 13.5. The number of rotatable bonds is 2. The molecule has 1 aromatic rings. The maximum atomic E-state index is 11.4. The molecule has 1 saturated carbocycles. The van der Waals surface area contributed by atoms with Crippen molar-refractivity contribution in [1.82, 2.24) is 0 Å². The minimum atomic E-state index is -0.376. The van der Waals surface area contributed by atoms with E-state index < -0.39 is 0 Å². The van der Waals surface area contributed by atoms with Crippen LogP contribution in [0.1, 0.15) is 45.1 Å². The predicted molar refractivity (Wildman–Crippen MR) is 86.4 cm³/mol. The molecule has 0 unspecified atom stereocenters. The number of nitrogens with zero attached hydrogens (tertiary/aromatic N) is 3. The molecule has 23 heavy (non-hydrogen) atoms. The summed E-state index contributed by atoms with van der Waals surface area (Å²) in [4.78, 5) is 13.1. The predicted octanol–water partition coefficient (Wildman–Crippen LogP) is 3.39. The van der Waals surface area contributed by atoms with Gasteiger partial charge in [-0.3, -0.25) is 10.1 Å². The topological polar surface area (TPSA) is 79.4 Å². The molecule has 1 aromatic carbocycles. The van der Waals surface area contributed by atoms with Crippen molar-refractivity contribution in [3.8, 4) is 6.07 Å². The molecule has 2 aliphatic rings. The zero-order chi connectivity index (χ0) is 16.7. The largest absolute Gasteiger partial charge is 0.365 e. The Bertz CT molecular complexity index is 672. The van der Waals surface area contributed by atoms with Crippen LogP contribution in [0, 0.1) is 21.4 Å². The van der Waals surface area contributed by atoms with E-state index in [4.69, 9.17) is 10.00 Å². The van der Waals surface area contributed by atoms with Crippen molar-refractivity contribution in [2.45, 2.75) is 50.7 Å². The van der Waals surface area contributed by atoms with Crippen LogP contribution in [0.2, 0.25) is 0 Å². The molecule has 6 heteroatoms. The summed E-state index contributed by atoms with van der Waals surface area (Å²) < 4.78 is 6.35. The van der Waals surface area contributed by atoms with Crippen LogP contribution in [0.5, 0.6) is 0 Å². The normalized spacial score (nSPS) is 22.0. The van der Waals surface area contributed by atoms with Gasteiger partial charge in [0.1, 0.15) is 5.69 Å². The van der Waals surface area contributed by atoms with Crippen LogP contribution in [-0.2, 0) is 4.74 Å². The number of hydrogen-bond donors (Lipinski definition) is 0. The third kappa shape index (κ3) is 3.02. The van der Waals surface area contributed by atoms with Crippen LogP contribution < -0.4 is 4.90 Å². The number of ether oxygens (including phenoxy) is 1. The lowest BCUT2D eigenvalue weighted by molar-refractivity contribution is -0.384. The summed E-state index contributed by atoms with van der Waals surface area (Å²) in [6, 6.07) is 6.63. The van der Waals surface area contributed by atoms with Gasteiger partial charge in [-0.1, -0.05) is 12.8 Å². The number of benzene rings is 1. The minimum absolute atomic E-state index is 0.0508. The molecule has 2 fully saturated rings. The third-order valence-corrected chi connectivity index (χ3v) is 4.70. The van der Waals surface area contributed by atoms with Crippen LogP contribution in [0.3, 0.4) is 0 Å². The molecule has 1 spiro atoms. The molecule has 1 aliphatic heterocycles. The first-order valence-electron chi connectivity index (χ1n) is 7.98. The number of nitro groups is 1. The minimum Gasteiger partial charge on any atom is -0.365 e. The lowest BCUT2D eigenvalue weighted by Gasteiger charge is -2.49.